The number of aryl methyl sites for hydroxylation is 1. The van der Waals surface area contributed by atoms with Gasteiger partial charge in [0.05, 0.1) is 18.1 Å². The van der Waals surface area contributed by atoms with Gasteiger partial charge in [-0.1, -0.05) is 13.8 Å². The average molecular weight is 391 g/mol. The number of rotatable bonds is 6. The maximum Gasteiger partial charge on any atom is 0.326 e. The van der Waals surface area contributed by atoms with Crippen molar-refractivity contribution in [3.63, 3.8) is 0 Å². The summed E-state index contributed by atoms with van der Waals surface area (Å²) in [5, 5.41) is -0.470. The van der Waals surface area contributed by atoms with Crippen molar-refractivity contribution in [2.24, 2.45) is 0 Å². The quantitative estimate of drug-likeness (QED) is 0.537. The highest BCUT2D eigenvalue weighted by molar-refractivity contribution is 8.18. The standard InChI is InChI=1S/C20H25NO5S/c1-11(2)15-8-14(13(5)7-16(15)25-6)9-17-19(23)21(20(24)27-17)10-18(22)26-12(3)4/h7-9,11-12H,10H2,1-6H3/b17-9+. The number of carbonyl (C=O) groups excluding carboxylic acids is 3. The third-order valence-corrected chi connectivity index (χ3v) is 4.96. The zero-order chi connectivity index (χ0) is 20.3. The fourth-order valence-corrected chi connectivity index (χ4v) is 3.54. The molecule has 0 atom stereocenters. The molecule has 2 amide bonds. The van der Waals surface area contributed by atoms with Gasteiger partial charge in [0.15, 0.2) is 0 Å². The van der Waals surface area contributed by atoms with Gasteiger partial charge in [-0.25, -0.2) is 0 Å². The normalized spacial score (nSPS) is 16.0. The van der Waals surface area contributed by atoms with Crippen LogP contribution in [0.25, 0.3) is 6.08 Å². The highest BCUT2D eigenvalue weighted by Gasteiger charge is 2.37. The van der Waals surface area contributed by atoms with E-state index < -0.39 is 17.1 Å². The fraction of sp³-hybridized carbons (Fsp3) is 0.450. The summed E-state index contributed by atoms with van der Waals surface area (Å²) < 4.78 is 10.5. The Morgan fingerprint density at radius 3 is 2.44 bits per heavy atom. The minimum absolute atomic E-state index is 0.244. The van der Waals surface area contributed by atoms with E-state index in [1.54, 1.807) is 27.0 Å². The second-order valence-electron chi connectivity index (χ2n) is 6.91. The van der Waals surface area contributed by atoms with Crippen LogP contribution in [-0.2, 0) is 14.3 Å². The summed E-state index contributed by atoms with van der Waals surface area (Å²) in [6.45, 7) is 9.09. The van der Waals surface area contributed by atoms with Gasteiger partial charge in [-0.2, -0.15) is 0 Å². The van der Waals surface area contributed by atoms with E-state index in [9.17, 15) is 14.4 Å². The molecule has 0 N–H and O–H groups in total. The van der Waals surface area contributed by atoms with Crippen LogP contribution in [-0.4, -0.2) is 41.8 Å². The number of hydrogen-bond acceptors (Lipinski definition) is 6. The van der Waals surface area contributed by atoms with Crippen molar-refractivity contribution < 1.29 is 23.9 Å². The van der Waals surface area contributed by atoms with Crippen molar-refractivity contribution in [1.82, 2.24) is 4.90 Å². The average Bonchev–Trinajstić information content (AvgIpc) is 2.82. The number of benzene rings is 1. The van der Waals surface area contributed by atoms with Crippen molar-refractivity contribution in [3.8, 4) is 5.75 Å². The Hall–Kier alpha value is -2.28. The van der Waals surface area contributed by atoms with Crippen LogP contribution in [0.2, 0.25) is 0 Å². The number of hydrogen-bond donors (Lipinski definition) is 0. The lowest BCUT2D eigenvalue weighted by atomic mass is 9.96. The second kappa shape index (κ2) is 8.61. The molecule has 7 heteroatoms. The Balaban J connectivity index is 2.30. The molecule has 0 unspecified atom stereocenters. The van der Waals surface area contributed by atoms with Crippen molar-refractivity contribution >= 4 is 35.0 Å². The van der Waals surface area contributed by atoms with E-state index >= 15 is 0 Å². The van der Waals surface area contributed by atoms with Crippen LogP contribution in [0.15, 0.2) is 17.0 Å². The predicted octanol–water partition coefficient (Wildman–Crippen LogP) is 4.11. The smallest absolute Gasteiger partial charge is 0.326 e. The number of esters is 1. The van der Waals surface area contributed by atoms with E-state index in [2.05, 4.69) is 13.8 Å². The summed E-state index contributed by atoms with van der Waals surface area (Å²) >= 11 is 0.830. The highest BCUT2D eigenvalue weighted by atomic mass is 32.2. The molecule has 1 aliphatic heterocycles. The van der Waals surface area contributed by atoms with Crippen LogP contribution in [0.1, 0.15) is 50.3 Å². The molecule has 146 valence electrons. The molecule has 27 heavy (non-hydrogen) atoms. The Labute approximate surface area is 163 Å². The molecule has 0 spiro atoms. The van der Waals surface area contributed by atoms with Crippen molar-refractivity contribution in [1.29, 1.82) is 0 Å². The van der Waals surface area contributed by atoms with E-state index in [1.165, 1.54) is 0 Å². The Kier molecular flexibility index (Phi) is 6.70. The third kappa shape index (κ3) is 4.91. The molecular formula is C20H25NO5S. The van der Waals surface area contributed by atoms with E-state index in [-0.39, 0.29) is 18.6 Å². The lowest BCUT2D eigenvalue weighted by Crippen LogP contribution is -2.35. The zero-order valence-corrected chi connectivity index (χ0v) is 17.3. The first-order valence-electron chi connectivity index (χ1n) is 8.77. The maximum atomic E-state index is 12.6. The summed E-state index contributed by atoms with van der Waals surface area (Å²) in [6, 6.07) is 3.89. The minimum Gasteiger partial charge on any atom is -0.496 e. The molecular weight excluding hydrogens is 366 g/mol. The zero-order valence-electron chi connectivity index (χ0n) is 16.5. The van der Waals surface area contributed by atoms with E-state index in [0.717, 1.165) is 39.1 Å². The second-order valence-corrected chi connectivity index (χ2v) is 7.91. The largest absolute Gasteiger partial charge is 0.496 e. The van der Waals surface area contributed by atoms with Crippen LogP contribution in [0.4, 0.5) is 4.79 Å². The number of imide groups is 1. The molecule has 0 aliphatic carbocycles. The number of methoxy groups -OCH3 is 1. The summed E-state index contributed by atoms with van der Waals surface area (Å²) in [7, 11) is 1.63. The Bertz CT molecular complexity index is 798. The number of ether oxygens (including phenoxy) is 2. The molecule has 1 heterocycles. The highest BCUT2D eigenvalue weighted by Crippen LogP contribution is 2.35. The topological polar surface area (TPSA) is 72.9 Å². The van der Waals surface area contributed by atoms with Crippen LogP contribution in [0.3, 0.4) is 0 Å². The summed E-state index contributed by atoms with van der Waals surface area (Å²) in [4.78, 5) is 37.8. The lowest BCUT2D eigenvalue weighted by molar-refractivity contribution is -0.149. The molecule has 2 rings (SSSR count). The van der Waals surface area contributed by atoms with E-state index in [4.69, 9.17) is 9.47 Å². The van der Waals surface area contributed by atoms with Gasteiger partial charge in [-0.3, -0.25) is 19.3 Å². The van der Waals surface area contributed by atoms with Crippen LogP contribution >= 0.6 is 11.8 Å². The first-order valence-corrected chi connectivity index (χ1v) is 9.59. The first kappa shape index (κ1) is 21.0. The van der Waals surface area contributed by atoms with Gasteiger partial charge >= 0.3 is 5.97 Å². The van der Waals surface area contributed by atoms with Gasteiger partial charge in [0.25, 0.3) is 11.1 Å². The number of thioether (sulfide) groups is 1. The van der Waals surface area contributed by atoms with Crippen molar-refractivity contribution in [2.75, 3.05) is 13.7 Å². The molecule has 1 fully saturated rings. The van der Waals surface area contributed by atoms with Gasteiger partial charge in [0, 0.05) is 0 Å². The first-order chi connectivity index (χ1) is 12.6. The van der Waals surface area contributed by atoms with Gasteiger partial charge < -0.3 is 9.47 Å². The van der Waals surface area contributed by atoms with Gasteiger partial charge in [0.1, 0.15) is 12.3 Å². The Morgan fingerprint density at radius 2 is 1.89 bits per heavy atom. The number of nitrogens with zero attached hydrogens (tertiary/aromatic N) is 1. The molecule has 1 aromatic carbocycles. The molecule has 0 aromatic heterocycles. The molecule has 1 aliphatic rings. The van der Waals surface area contributed by atoms with E-state index in [1.807, 2.05) is 19.1 Å². The van der Waals surface area contributed by atoms with Crippen LogP contribution < -0.4 is 4.74 Å². The fourth-order valence-electron chi connectivity index (χ4n) is 2.71. The summed E-state index contributed by atoms with van der Waals surface area (Å²) in [5.74, 6) is -0.0407. The van der Waals surface area contributed by atoms with Crippen molar-refractivity contribution in [2.45, 2.75) is 46.6 Å². The monoisotopic (exact) mass is 391 g/mol. The number of carbonyl (C=O) groups is 3. The number of amides is 2. The SMILES string of the molecule is COc1cc(C)c(/C=C2/SC(=O)N(CC(=O)OC(C)C)C2=O)cc1C(C)C. The maximum absolute atomic E-state index is 12.6. The molecule has 0 saturated carbocycles. The van der Waals surface area contributed by atoms with Gasteiger partial charge in [-0.05, 0) is 73.4 Å². The van der Waals surface area contributed by atoms with Crippen molar-refractivity contribution in [3.05, 3.63) is 33.7 Å². The van der Waals surface area contributed by atoms with Crippen LogP contribution in [0.5, 0.6) is 5.75 Å². The molecule has 0 radical (unpaired) electrons. The van der Waals surface area contributed by atoms with Gasteiger partial charge in [0.2, 0.25) is 0 Å². The minimum atomic E-state index is -0.601. The Morgan fingerprint density at radius 1 is 1.22 bits per heavy atom. The van der Waals surface area contributed by atoms with Crippen LogP contribution in [0, 0.1) is 6.92 Å². The van der Waals surface area contributed by atoms with Gasteiger partial charge in [-0.15, -0.1) is 0 Å². The molecule has 0 bridgehead atoms. The predicted molar refractivity (Wildman–Crippen MR) is 106 cm³/mol. The van der Waals surface area contributed by atoms with E-state index in [0.29, 0.717) is 4.91 Å². The lowest BCUT2D eigenvalue weighted by Gasteiger charge is -2.15. The molecule has 1 aromatic rings. The summed E-state index contributed by atoms with van der Waals surface area (Å²) in [6.07, 6.45) is 1.39. The third-order valence-electron chi connectivity index (χ3n) is 4.05. The summed E-state index contributed by atoms with van der Waals surface area (Å²) in [5.41, 5.74) is 2.80. The molecule has 6 nitrogen and oxygen atoms in total. The molecule has 1 saturated heterocycles.